The first kappa shape index (κ1) is 17.0. The number of rotatable bonds is 2. The fourth-order valence-corrected chi connectivity index (χ4v) is 3.14. The molecule has 124 valence electrons. The number of H-pyrrole nitrogens is 1. The third-order valence-corrected chi connectivity index (χ3v) is 4.36. The van der Waals surface area contributed by atoms with Crippen LogP contribution in [-0.4, -0.2) is 0 Å². The summed E-state index contributed by atoms with van der Waals surface area (Å²) in [5.74, 6) is 0. The Morgan fingerprint density at radius 3 is 2.24 bits per heavy atom. The molecule has 0 bridgehead atoms. The third-order valence-electron chi connectivity index (χ3n) is 4.36. The highest BCUT2D eigenvalue weighted by molar-refractivity contribution is 5.95. The van der Waals surface area contributed by atoms with Crippen molar-refractivity contribution in [3.8, 4) is 22.4 Å². The van der Waals surface area contributed by atoms with Gasteiger partial charge in [0.25, 0.3) is 0 Å². The van der Waals surface area contributed by atoms with Gasteiger partial charge < -0.3 is 5.73 Å². The highest BCUT2D eigenvalue weighted by Gasteiger charge is 2.16. The van der Waals surface area contributed by atoms with Gasteiger partial charge in [-0.15, -0.1) is 12.4 Å². The summed E-state index contributed by atoms with van der Waals surface area (Å²) in [6.45, 7) is 2.12. The summed E-state index contributed by atoms with van der Waals surface area (Å²) in [6.07, 6.45) is 0. The molecular formula is C22H20ClN2+. The van der Waals surface area contributed by atoms with Gasteiger partial charge in [0.1, 0.15) is 0 Å². The van der Waals surface area contributed by atoms with E-state index in [1.54, 1.807) is 0 Å². The van der Waals surface area contributed by atoms with Gasteiger partial charge in [-0.25, -0.2) is 4.98 Å². The largest absolute Gasteiger partial charge is 0.398 e. The van der Waals surface area contributed by atoms with Crippen molar-refractivity contribution >= 4 is 29.0 Å². The molecular weight excluding hydrogens is 328 g/mol. The summed E-state index contributed by atoms with van der Waals surface area (Å²) < 4.78 is 0. The molecule has 2 nitrogen and oxygen atoms in total. The second-order valence-electron chi connectivity index (χ2n) is 6.10. The lowest BCUT2D eigenvalue weighted by Crippen LogP contribution is -2.10. The molecule has 0 fully saturated rings. The van der Waals surface area contributed by atoms with Gasteiger partial charge in [-0.1, -0.05) is 54.1 Å². The maximum atomic E-state index is 6.19. The topological polar surface area (TPSA) is 40.2 Å². The molecule has 0 saturated heterocycles. The zero-order chi connectivity index (χ0) is 16.5. The number of hydrogen-bond acceptors (Lipinski definition) is 1. The van der Waals surface area contributed by atoms with Crippen molar-refractivity contribution in [2.45, 2.75) is 6.92 Å². The smallest absolute Gasteiger partial charge is 0.214 e. The Kier molecular flexibility index (Phi) is 4.73. The number of nitrogens with one attached hydrogen (secondary N) is 1. The minimum absolute atomic E-state index is 0. The van der Waals surface area contributed by atoms with E-state index in [1.807, 2.05) is 24.3 Å². The van der Waals surface area contributed by atoms with Crippen LogP contribution in [0.15, 0.2) is 78.9 Å². The fraction of sp³-hybridized carbons (Fsp3) is 0.0455. The fourth-order valence-electron chi connectivity index (χ4n) is 3.14. The lowest BCUT2D eigenvalue weighted by Gasteiger charge is -2.08. The Hall–Kier alpha value is -2.84. The number of para-hydroxylation sites is 1. The van der Waals surface area contributed by atoms with Gasteiger partial charge in [0.05, 0.1) is 10.9 Å². The molecule has 0 saturated carbocycles. The zero-order valence-electron chi connectivity index (χ0n) is 14.0. The van der Waals surface area contributed by atoms with Crippen LogP contribution in [0.3, 0.4) is 0 Å². The van der Waals surface area contributed by atoms with Gasteiger partial charge in [0, 0.05) is 23.4 Å². The predicted molar refractivity (Wildman–Crippen MR) is 108 cm³/mol. The van der Waals surface area contributed by atoms with E-state index in [9.17, 15) is 0 Å². The van der Waals surface area contributed by atoms with E-state index in [0.717, 1.165) is 22.5 Å². The van der Waals surface area contributed by atoms with Crippen molar-refractivity contribution in [1.29, 1.82) is 0 Å². The molecule has 3 heteroatoms. The normalized spacial score (nSPS) is 10.4. The van der Waals surface area contributed by atoms with Crippen LogP contribution in [-0.2, 0) is 0 Å². The number of anilines is 1. The minimum atomic E-state index is 0. The molecule has 3 aromatic carbocycles. The van der Waals surface area contributed by atoms with E-state index in [-0.39, 0.29) is 12.4 Å². The number of aryl methyl sites for hydroxylation is 1. The number of aromatic amines is 1. The summed E-state index contributed by atoms with van der Waals surface area (Å²) in [4.78, 5) is 3.54. The van der Waals surface area contributed by atoms with Crippen molar-refractivity contribution < 1.29 is 4.98 Å². The molecule has 3 N–H and O–H groups in total. The molecule has 1 heterocycles. The first-order valence-electron chi connectivity index (χ1n) is 8.09. The summed E-state index contributed by atoms with van der Waals surface area (Å²) in [6, 6.07) is 27.1. The SMILES string of the molecule is Cc1ccc2[nH+]c(-c3ccccc3N)cc(-c3ccccc3)c2c1.Cl. The highest BCUT2D eigenvalue weighted by atomic mass is 35.5. The van der Waals surface area contributed by atoms with Crippen LogP contribution in [0, 0.1) is 6.92 Å². The predicted octanol–water partition coefficient (Wildman–Crippen LogP) is 5.30. The van der Waals surface area contributed by atoms with Crippen LogP contribution in [0.25, 0.3) is 33.3 Å². The molecule has 0 atom stereocenters. The molecule has 0 aliphatic rings. The second kappa shape index (κ2) is 6.96. The number of halogens is 1. The second-order valence-corrected chi connectivity index (χ2v) is 6.10. The molecule has 0 spiro atoms. The van der Waals surface area contributed by atoms with E-state index in [0.29, 0.717) is 0 Å². The highest BCUT2D eigenvalue weighted by Crippen LogP contribution is 2.32. The molecule has 4 rings (SSSR count). The lowest BCUT2D eigenvalue weighted by molar-refractivity contribution is -0.330. The van der Waals surface area contributed by atoms with Gasteiger partial charge in [0.15, 0.2) is 0 Å². The minimum Gasteiger partial charge on any atom is -0.398 e. The van der Waals surface area contributed by atoms with Crippen LogP contribution in [0.4, 0.5) is 5.69 Å². The number of fused-ring (bicyclic) bond motifs is 1. The van der Waals surface area contributed by atoms with Crippen molar-refractivity contribution in [3.63, 3.8) is 0 Å². The van der Waals surface area contributed by atoms with Gasteiger partial charge in [-0.3, -0.25) is 0 Å². The molecule has 0 aliphatic heterocycles. The number of nitrogens with two attached hydrogens (primary N) is 1. The van der Waals surface area contributed by atoms with Crippen LogP contribution < -0.4 is 10.7 Å². The number of hydrogen-bond donors (Lipinski definition) is 1. The van der Waals surface area contributed by atoms with Crippen molar-refractivity contribution in [3.05, 3.63) is 84.4 Å². The maximum absolute atomic E-state index is 6.19. The molecule has 25 heavy (non-hydrogen) atoms. The van der Waals surface area contributed by atoms with E-state index in [2.05, 4.69) is 66.5 Å². The lowest BCUT2D eigenvalue weighted by atomic mass is 9.97. The Bertz CT molecular complexity index is 1030. The van der Waals surface area contributed by atoms with Crippen LogP contribution in [0.1, 0.15) is 5.56 Å². The monoisotopic (exact) mass is 347 g/mol. The maximum Gasteiger partial charge on any atom is 0.214 e. The van der Waals surface area contributed by atoms with Crippen LogP contribution in [0.2, 0.25) is 0 Å². The standard InChI is InChI=1S/C22H18N2.ClH/c1-15-11-12-21-19(13-15)18(16-7-3-2-4-8-16)14-22(24-21)17-9-5-6-10-20(17)23;/h2-14H,23H2,1H3;1H/p+1. The molecule has 0 radical (unpaired) electrons. The van der Waals surface area contributed by atoms with Gasteiger partial charge in [-0.2, -0.15) is 0 Å². The van der Waals surface area contributed by atoms with Crippen LogP contribution in [0.5, 0.6) is 0 Å². The molecule has 1 aromatic heterocycles. The molecule has 0 aliphatic carbocycles. The first-order valence-corrected chi connectivity index (χ1v) is 8.09. The van der Waals surface area contributed by atoms with Crippen LogP contribution >= 0.6 is 12.4 Å². The molecule has 4 aromatic rings. The summed E-state index contributed by atoms with van der Waals surface area (Å²) in [5, 5.41) is 1.22. The molecule has 0 amide bonds. The van der Waals surface area contributed by atoms with Gasteiger partial charge in [-0.05, 0) is 30.7 Å². The van der Waals surface area contributed by atoms with Crippen molar-refractivity contribution in [2.75, 3.05) is 5.73 Å². The Labute approximate surface area is 153 Å². The average molecular weight is 348 g/mol. The van der Waals surface area contributed by atoms with Gasteiger partial charge in [0.2, 0.25) is 11.2 Å². The Balaban J connectivity index is 0.00000182. The molecule has 0 unspecified atom stereocenters. The van der Waals surface area contributed by atoms with E-state index >= 15 is 0 Å². The Morgan fingerprint density at radius 1 is 0.760 bits per heavy atom. The van der Waals surface area contributed by atoms with E-state index < -0.39 is 0 Å². The number of nitrogen functional groups attached to an aromatic ring is 1. The zero-order valence-corrected chi connectivity index (χ0v) is 14.8. The quantitative estimate of drug-likeness (QED) is 0.491. The number of benzene rings is 3. The number of pyridine rings is 1. The van der Waals surface area contributed by atoms with E-state index in [1.165, 1.54) is 22.1 Å². The first-order chi connectivity index (χ1) is 11.7. The average Bonchev–Trinajstić information content (AvgIpc) is 2.62. The van der Waals surface area contributed by atoms with E-state index in [4.69, 9.17) is 5.73 Å². The number of aromatic nitrogens is 1. The van der Waals surface area contributed by atoms with Crippen molar-refractivity contribution in [2.24, 2.45) is 0 Å². The van der Waals surface area contributed by atoms with Gasteiger partial charge >= 0.3 is 0 Å². The summed E-state index contributed by atoms with van der Waals surface area (Å²) in [7, 11) is 0. The Morgan fingerprint density at radius 2 is 1.48 bits per heavy atom. The van der Waals surface area contributed by atoms with Crippen molar-refractivity contribution in [1.82, 2.24) is 0 Å². The summed E-state index contributed by atoms with van der Waals surface area (Å²) >= 11 is 0. The third kappa shape index (κ3) is 3.21. The summed E-state index contributed by atoms with van der Waals surface area (Å²) in [5.41, 5.74) is 13.8.